The number of ether oxygens (including phenoxy) is 1. The van der Waals surface area contributed by atoms with Gasteiger partial charge in [0, 0.05) is 5.92 Å². The molecule has 0 radical (unpaired) electrons. The predicted molar refractivity (Wildman–Crippen MR) is 62.0 cm³/mol. The molecule has 1 atom stereocenters. The van der Waals surface area contributed by atoms with Crippen molar-refractivity contribution in [1.29, 1.82) is 0 Å². The molecule has 1 aliphatic rings. The molecule has 0 amide bonds. The summed E-state index contributed by atoms with van der Waals surface area (Å²) >= 11 is 0. The highest BCUT2D eigenvalue weighted by atomic mass is 16.5. The third-order valence-corrected chi connectivity index (χ3v) is 3.22. The van der Waals surface area contributed by atoms with Gasteiger partial charge in [-0.05, 0) is 21.9 Å². The fourth-order valence-corrected chi connectivity index (χ4v) is 2.40. The van der Waals surface area contributed by atoms with Crippen molar-refractivity contribution in [3.05, 3.63) is 47.5 Å². The molecule has 2 aromatic rings. The van der Waals surface area contributed by atoms with Gasteiger partial charge in [0.1, 0.15) is 0 Å². The lowest BCUT2D eigenvalue weighted by molar-refractivity contribution is 0.0962. The molecule has 76 valence electrons. The van der Waals surface area contributed by atoms with Crippen molar-refractivity contribution in [2.75, 3.05) is 6.61 Å². The Balaban J connectivity index is 2.33. The van der Waals surface area contributed by atoms with Gasteiger partial charge >= 0.3 is 0 Å². The third-order valence-electron chi connectivity index (χ3n) is 3.22. The van der Waals surface area contributed by atoms with Gasteiger partial charge in [0.2, 0.25) is 0 Å². The number of hydrogen-bond donors (Lipinski definition) is 0. The average molecular weight is 198 g/mol. The zero-order chi connectivity index (χ0) is 10.3. The standard InChI is InChI=1S/C14H14O/c1-10-8-15-9-14-12(10)7-6-11-4-2-3-5-13(11)14/h2-7,10H,8-9H2,1H3. The van der Waals surface area contributed by atoms with Gasteiger partial charge in [0.05, 0.1) is 13.2 Å². The maximum atomic E-state index is 5.62. The average Bonchev–Trinajstić information content (AvgIpc) is 2.29. The maximum absolute atomic E-state index is 5.62. The van der Waals surface area contributed by atoms with Crippen LogP contribution in [-0.2, 0) is 11.3 Å². The van der Waals surface area contributed by atoms with Crippen LogP contribution in [0, 0.1) is 0 Å². The summed E-state index contributed by atoms with van der Waals surface area (Å²) in [6.07, 6.45) is 0. The summed E-state index contributed by atoms with van der Waals surface area (Å²) in [4.78, 5) is 0. The highest BCUT2D eigenvalue weighted by Crippen LogP contribution is 2.31. The van der Waals surface area contributed by atoms with Gasteiger partial charge < -0.3 is 4.74 Å². The fourth-order valence-electron chi connectivity index (χ4n) is 2.40. The molecular formula is C14H14O. The van der Waals surface area contributed by atoms with Crippen molar-refractivity contribution in [3.8, 4) is 0 Å². The van der Waals surface area contributed by atoms with E-state index in [2.05, 4.69) is 43.3 Å². The highest BCUT2D eigenvalue weighted by molar-refractivity contribution is 5.87. The van der Waals surface area contributed by atoms with Crippen LogP contribution < -0.4 is 0 Å². The minimum Gasteiger partial charge on any atom is -0.376 e. The second kappa shape index (κ2) is 3.35. The third kappa shape index (κ3) is 1.35. The summed E-state index contributed by atoms with van der Waals surface area (Å²) in [5.74, 6) is 0.526. The molecule has 1 nitrogen and oxygen atoms in total. The van der Waals surface area contributed by atoms with Crippen LogP contribution in [0.3, 0.4) is 0 Å². The fraction of sp³-hybridized carbons (Fsp3) is 0.286. The van der Waals surface area contributed by atoms with Crippen LogP contribution in [0.5, 0.6) is 0 Å². The smallest absolute Gasteiger partial charge is 0.0725 e. The van der Waals surface area contributed by atoms with E-state index in [9.17, 15) is 0 Å². The summed E-state index contributed by atoms with van der Waals surface area (Å²) < 4.78 is 5.62. The van der Waals surface area contributed by atoms with E-state index in [1.54, 1.807) is 0 Å². The van der Waals surface area contributed by atoms with Crippen LogP contribution in [0.4, 0.5) is 0 Å². The van der Waals surface area contributed by atoms with E-state index in [4.69, 9.17) is 4.74 Å². The van der Waals surface area contributed by atoms with Gasteiger partial charge in [-0.25, -0.2) is 0 Å². The van der Waals surface area contributed by atoms with Crippen LogP contribution in [-0.4, -0.2) is 6.61 Å². The molecule has 0 spiro atoms. The van der Waals surface area contributed by atoms with E-state index >= 15 is 0 Å². The molecule has 1 heteroatoms. The number of fused-ring (bicyclic) bond motifs is 3. The van der Waals surface area contributed by atoms with Gasteiger partial charge in [-0.1, -0.05) is 43.3 Å². The summed E-state index contributed by atoms with van der Waals surface area (Å²) in [6, 6.07) is 13.0. The predicted octanol–water partition coefficient (Wildman–Crippen LogP) is 3.47. The van der Waals surface area contributed by atoms with Gasteiger partial charge in [-0.15, -0.1) is 0 Å². The Hall–Kier alpha value is -1.34. The molecule has 1 aliphatic heterocycles. The summed E-state index contributed by atoms with van der Waals surface area (Å²) in [5.41, 5.74) is 2.84. The summed E-state index contributed by atoms with van der Waals surface area (Å²) in [7, 11) is 0. The molecule has 0 saturated heterocycles. The van der Waals surface area contributed by atoms with Crippen LogP contribution in [0.25, 0.3) is 10.8 Å². The zero-order valence-electron chi connectivity index (χ0n) is 8.86. The number of benzene rings is 2. The second-order valence-corrected chi connectivity index (χ2v) is 4.27. The Kier molecular flexibility index (Phi) is 2.00. The quantitative estimate of drug-likeness (QED) is 0.629. The molecular weight excluding hydrogens is 184 g/mol. The van der Waals surface area contributed by atoms with E-state index in [1.807, 2.05) is 0 Å². The molecule has 0 N–H and O–H groups in total. The minimum atomic E-state index is 0.526. The van der Waals surface area contributed by atoms with Gasteiger partial charge in [0.25, 0.3) is 0 Å². The Morgan fingerprint density at radius 3 is 2.93 bits per heavy atom. The Bertz CT molecular complexity index is 502. The lowest BCUT2D eigenvalue weighted by Crippen LogP contribution is -2.14. The van der Waals surface area contributed by atoms with Crippen molar-refractivity contribution < 1.29 is 4.74 Å². The molecule has 0 aromatic heterocycles. The van der Waals surface area contributed by atoms with Crippen molar-refractivity contribution in [2.24, 2.45) is 0 Å². The molecule has 0 fully saturated rings. The lowest BCUT2D eigenvalue weighted by atomic mass is 9.90. The van der Waals surface area contributed by atoms with Crippen molar-refractivity contribution in [3.63, 3.8) is 0 Å². The van der Waals surface area contributed by atoms with E-state index in [1.165, 1.54) is 21.9 Å². The monoisotopic (exact) mass is 198 g/mol. The molecule has 1 heterocycles. The summed E-state index contributed by atoms with van der Waals surface area (Å²) in [6.45, 7) is 3.85. The first-order valence-corrected chi connectivity index (χ1v) is 5.44. The topological polar surface area (TPSA) is 9.23 Å². The molecule has 0 aliphatic carbocycles. The van der Waals surface area contributed by atoms with Crippen molar-refractivity contribution in [1.82, 2.24) is 0 Å². The van der Waals surface area contributed by atoms with Crippen LogP contribution >= 0.6 is 0 Å². The Morgan fingerprint density at radius 2 is 2.00 bits per heavy atom. The van der Waals surface area contributed by atoms with Gasteiger partial charge in [-0.3, -0.25) is 0 Å². The second-order valence-electron chi connectivity index (χ2n) is 4.27. The van der Waals surface area contributed by atoms with E-state index in [0.29, 0.717) is 5.92 Å². The zero-order valence-corrected chi connectivity index (χ0v) is 8.86. The van der Waals surface area contributed by atoms with E-state index in [-0.39, 0.29) is 0 Å². The molecule has 15 heavy (non-hydrogen) atoms. The van der Waals surface area contributed by atoms with Crippen LogP contribution in [0.15, 0.2) is 36.4 Å². The minimum absolute atomic E-state index is 0.526. The van der Waals surface area contributed by atoms with Crippen molar-refractivity contribution >= 4 is 10.8 Å². The summed E-state index contributed by atoms with van der Waals surface area (Å²) in [5, 5.41) is 2.66. The number of rotatable bonds is 0. The maximum Gasteiger partial charge on any atom is 0.0725 e. The number of hydrogen-bond acceptors (Lipinski definition) is 1. The van der Waals surface area contributed by atoms with Gasteiger partial charge in [0.15, 0.2) is 0 Å². The van der Waals surface area contributed by atoms with Crippen LogP contribution in [0.1, 0.15) is 24.0 Å². The molecule has 0 saturated carbocycles. The SMILES string of the molecule is CC1COCc2c1ccc1ccccc21. The highest BCUT2D eigenvalue weighted by Gasteiger charge is 2.18. The normalized spacial score (nSPS) is 20.2. The molecule has 0 bridgehead atoms. The molecule has 3 rings (SSSR count). The first kappa shape index (κ1) is 8.93. The van der Waals surface area contributed by atoms with Crippen LogP contribution in [0.2, 0.25) is 0 Å². The Labute approximate surface area is 89.7 Å². The largest absolute Gasteiger partial charge is 0.376 e. The van der Waals surface area contributed by atoms with Gasteiger partial charge in [-0.2, -0.15) is 0 Å². The first-order chi connectivity index (χ1) is 7.36. The first-order valence-electron chi connectivity index (χ1n) is 5.44. The molecule has 1 unspecified atom stereocenters. The molecule has 2 aromatic carbocycles. The Morgan fingerprint density at radius 1 is 1.13 bits per heavy atom. The van der Waals surface area contributed by atoms with E-state index < -0.39 is 0 Å². The lowest BCUT2D eigenvalue weighted by Gasteiger charge is -2.24. The van der Waals surface area contributed by atoms with Crippen molar-refractivity contribution in [2.45, 2.75) is 19.4 Å². The van der Waals surface area contributed by atoms with E-state index in [0.717, 1.165) is 13.2 Å².